The maximum absolute atomic E-state index is 12.6. The number of carbonyl (C=O) groups is 1. The zero-order chi connectivity index (χ0) is 20.1. The Hall–Kier alpha value is -3.66. The number of benzene rings is 3. The van der Waals surface area contributed by atoms with E-state index in [9.17, 15) is 4.79 Å². The summed E-state index contributed by atoms with van der Waals surface area (Å²) < 4.78 is 1.90. The minimum absolute atomic E-state index is 0.0336. The van der Waals surface area contributed by atoms with Crippen LogP contribution in [0.5, 0.6) is 0 Å². The number of hydrogen-bond acceptors (Lipinski definition) is 2. The molecule has 1 heterocycles. The molecule has 0 aliphatic heterocycles. The molecule has 0 saturated heterocycles. The molecule has 0 fully saturated rings. The predicted octanol–water partition coefficient (Wildman–Crippen LogP) is 4.76. The first-order chi connectivity index (χ1) is 14.2. The van der Waals surface area contributed by atoms with Crippen LogP contribution in [0.2, 0.25) is 0 Å². The van der Waals surface area contributed by atoms with Gasteiger partial charge in [-0.15, -0.1) is 0 Å². The lowest BCUT2D eigenvalue weighted by molar-refractivity contribution is -0.125. The van der Waals surface area contributed by atoms with E-state index in [1.165, 1.54) is 10.9 Å². The Morgan fingerprint density at radius 3 is 2.59 bits per heavy atom. The van der Waals surface area contributed by atoms with Gasteiger partial charge in [0.25, 0.3) is 0 Å². The highest BCUT2D eigenvalue weighted by Gasteiger charge is 2.08. The van der Waals surface area contributed by atoms with E-state index < -0.39 is 0 Å². The molecule has 4 rings (SSSR count). The molecule has 0 aliphatic carbocycles. The molecule has 3 aromatic carbocycles. The van der Waals surface area contributed by atoms with Gasteiger partial charge in [0.05, 0.1) is 12.7 Å². The summed E-state index contributed by atoms with van der Waals surface area (Å²) in [7, 11) is 1.81. The molecule has 1 aromatic heterocycles. The van der Waals surface area contributed by atoms with E-state index in [2.05, 4.69) is 35.4 Å². The topological polar surface area (TPSA) is 38.1 Å². The molecule has 0 atom stereocenters. The molecular formula is C25H23N3O. The van der Waals surface area contributed by atoms with Crippen molar-refractivity contribution in [1.29, 1.82) is 0 Å². The molecule has 4 nitrogen and oxygen atoms in total. The predicted molar refractivity (Wildman–Crippen MR) is 117 cm³/mol. The summed E-state index contributed by atoms with van der Waals surface area (Å²) in [6.07, 6.45) is 7.34. The molecule has 4 aromatic rings. The van der Waals surface area contributed by atoms with Crippen LogP contribution in [-0.4, -0.2) is 27.6 Å². The van der Waals surface area contributed by atoms with E-state index in [0.29, 0.717) is 6.54 Å². The van der Waals surface area contributed by atoms with E-state index in [1.54, 1.807) is 11.0 Å². The fourth-order valence-corrected chi connectivity index (χ4v) is 3.38. The van der Waals surface area contributed by atoms with Crippen molar-refractivity contribution in [3.63, 3.8) is 0 Å². The number of carbonyl (C=O) groups excluding carboxylic acids is 1. The second-order valence-corrected chi connectivity index (χ2v) is 7.13. The second-order valence-electron chi connectivity index (χ2n) is 7.13. The Morgan fingerprint density at radius 1 is 0.966 bits per heavy atom. The van der Waals surface area contributed by atoms with Crippen LogP contribution in [0, 0.1) is 0 Å². The van der Waals surface area contributed by atoms with Crippen molar-refractivity contribution in [3.05, 3.63) is 108 Å². The summed E-state index contributed by atoms with van der Waals surface area (Å²) in [5.41, 5.74) is 3.25. The Morgan fingerprint density at radius 2 is 1.72 bits per heavy atom. The molecule has 0 N–H and O–H groups in total. The van der Waals surface area contributed by atoms with Gasteiger partial charge in [-0.3, -0.25) is 9.48 Å². The third-order valence-corrected chi connectivity index (χ3v) is 4.90. The number of hydrogen-bond donors (Lipinski definition) is 0. The van der Waals surface area contributed by atoms with E-state index >= 15 is 0 Å². The van der Waals surface area contributed by atoms with Gasteiger partial charge in [0.15, 0.2) is 0 Å². The van der Waals surface area contributed by atoms with Gasteiger partial charge < -0.3 is 4.90 Å². The summed E-state index contributed by atoms with van der Waals surface area (Å²) >= 11 is 0. The van der Waals surface area contributed by atoms with Crippen LogP contribution in [0.1, 0.15) is 16.7 Å². The highest BCUT2D eigenvalue weighted by molar-refractivity contribution is 5.96. The van der Waals surface area contributed by atoms with Crippen molar-refractivity contribution in [2.45, 2.75) is 13.1 Å². The Bertz CT molecular complexity index is 1140. The summed E-state index contributed by atoms with van der Waals surface area (Å²) in [6, 6.07) is 24.5. The summed E-state index contributed by atoms with van der Waals surface area (Å²) in [5.74, 6) is -0.0336. The maximum Gasteiger partial charge on any atom is 0.246 e. The lowest BCUT2D eigenvalue weighted by Gasteiger charge is -2.13. The fraction of sp³-hybridized carbons (Fsp3) is 0.120. The molecule has 0 aliphatic rings. The van der Waals surface area contributed by atoms with Crippen LogP contribution >= 0.6 is 0 Å². The fourth-order valence-electron chi connectivity index (χ4n) is 3.38. The van der Waals surface area contributed by atoms with Crippen molar-refractivity contribution in [2.75, 3.05) is 7.05 Å². The van der Waals surface area contributed by atoms with E-state index in [0.717, 1.165) is 23.1 Å². The van der Waals surface area contributed by atoms with Crippen molar-refractivity contribution >= 4 is 22.8 Å². The van der Waals surface area contributed by atoms with Gasteiger partial charge in [0.2, 0.25) is 5.91 Å². The average Bonchev–Trinajstić information content (AvgIpc) is 3.19. The van der Waals surface area contributed by atoms with Crippen LogP contribution in [-0.2, 0) is 17.9 Å². The van der Waals surface area contributed by atoms with Gasteiger partial charge in [0, 0.05) is 31.4 Å². The Kier molecular flexibility index (Phi) is 5.52. The van der Waals surface area contributed by atoms with Gasteiger partial charge in [-0.05, 0) is 28.0 Å². The molecule has 0 saturated carbocycles. The van der Waals surface area contributed by atoms with Crippen LogP contribution < -0.4 is 0 Å². The molecule has 0 radical (unpaired) electrons. The third-order valence-electron chi connectivity index (χ3n) is 4.90. The summed E-state index contributed by atoms with van der Waals surface area (Å²) in [4.78, 5) is 14.3. The van der Waals surface area contributed by atoms with Gasteiger partial charge in [-0.25, -0.2) is 0 Å². The molecule has 0 bridgehead atoms. The van der Waals surface area contributed by atoms with Crippen molar-refractivity contribution in [1.82, 2.24) is 14.7 Å². The molecule has 1 amide bonds. The number of rotatable bonds is 6. The van der Waals surface area contributed by atoms with Crippen LogP contribution in [0.4, 0.5) is 0 Å². The summed E-state index contributed by atoms with van der Waals surface area (Å²) in [6.45, 7) is 1.24. The second kappa shape index (κ2) is 8.57. The molecular weight excluding hydrogens is 358 g/mol. The quantitative estimate of drug-likeness (QED) is 0.452. The zero-order valence-corrected chi connectivity index (χ0v) is 16.4. The SMILES string of the molecule is CN(Cc1cnn(Cc2ccccc2)c1)C(=O)/C=C/c1cccc2ccccc12. The Labute approximate surface area is 170 Å². The standard InChI is InChI=1S/C25H23N3O/c1-27(17-21-16-26-28(19-21)18-20-8-3-2-4-9-20)25(29)15-14-23-12-7-11-22-10-5-6-13-24(22)23/h2-16,19H,17-18H2,1H3/b15-14+. The van der Waals surface area contributed by atoms with E-state index in [4.69, 9.17) is 0 Å². The molecule has 144 valence electrons. The smallest absolute Gasteiger partial charge is 0.246 e. The van der Waals surface area contributed by atoms with Crippen LogP contribution in [0.25, 0.3) is 16.8 Å². The van der Waals surface area contributed by atoms with Crippen LogP contribution in [0.15, 0.2) is 91.3 Å². The lowest BCUT2D eigenvalue weighted by Crippen LogP contribution is -2.23. The van der Waals surface area contributed by atoms with Gasteiger partial charge in [0.1, 0.15) is 0 Å². The average molecular weight is 381 g/mol. The molecule has 29 heavy (non-hydrogen) atoms. The largest absolute Gasteiger partial charge is 0.338 e. The third kappa shape index (κ3) is 4.61. The number of amides is 1. The normalized spacial score (nSPS) is 11.2. The number of likely N-dealkylation sites (N-methyl/N-ethyl adjacent to an activating group) is 1. The minimum atomic E-state index is -0.0336. The highest BCUT2D eigenvalue weighted by atomic mass is 16.2. The Balaban J connectivity index is 1.40. The van der Waals surface area contributed by atoms with Gasteiger partial charge in [-0.1, -0.05) is 72.8 Å². The maximum atomic E-state index is 12.6. The van der Waals surface area contributed by atoms with Crippen LogP contribution in [0.3, 0.4) is 0 Å². The first kappa shape index (κ1) is 18.7. The van der Waals surface area contributed by atoms with Gasteiger partial charge in [-0.2, -0.15) is 5.10 Å². The molecule has 0 spiro atoms. The molecule has 4 heteroatoms. The first-order valence-electron chi connectivity index (χ1n) is 9.65. The molecule has 0 unspecified atom stereocenters. The zero-order valence-electron chi connectivity index (χ0n) is 16.4. The van der Waals surface area contributed by atoms with E-state index in [-0.39, 0.29) is 5.91 Å². The van der Waals surface area contributed by atoms with Crippen molar-refractivity contribution < 1.29 is 4.79 Å². The first-order valence-corrected chi connectivity index (χ1v) is 9.65. The van der Waals surface area contributed by atoms with Gasteiger partial charge >= 0.3 is 0 Å². The number of fused-ring (bicyclic) bond motifs is 1. The monoisotopic (exact) mass is 381 g/mol. The minimum Gasteiger partial charge on any atom is -0.338 e. The lowest BCUT2D eigenvalue weighted by atomic mass is 10.0. The van der Waals surface area contributed by atoms with Crippen molar-refractivity contribution in [2.24, 2.45) is 0 Å². The number of aromatic nitrogens is 2. The number of nitrogens with zero attached hydrogens (tertiary/aromatic N) is 3. The van der Waals surface area contributed by atoms with Crippen molar-refractivity contribution in [3.8, 4) is 0 Å². The summed E-state index contributed by atoms with van der Waals surface area (Å²) in [5, 5.41) is 6.72. The van der Waals surface area contributed by atoms with E-state index in [1.807, 2.05) is 72.7 Å². The highest BCUT2D eigenvalue weighted by Crippen LogP contribution is 2.19.